The van der Waals surface area contributed by atoms with Gasteiger partial charge >= 0.3 is 5.69 Å². The number of carbonyl (C=O) groups excluding carboxylic acids is 1. The van der Waals surface area contributed by atoms with Crippen molar-refractivity contribution >= 4 is 5.91 Å². The second kappa shape index (κ2) is 7.46. The van der Waals surface area contributed by atoms with E-state index in [1.165, 1.54) is 9.58 Å². The number of hydrogen-bond acceptors (Lipinski definition) is 5. The lowest BCUT2D eigenvalue weighted by molar-refractivity contribution is -0.131. The highest BCUT2D eigenvalue weighted by Crippen LogP contribution is 2.40. The first-order valence-electron chi connectivity index (χ1n) is 9.39. The highest BCUT2D eigenvalue weighted by atomic mass is 16.5. The fourth-order valence-electron chi connectivity index (χ4n) is 3.14. The monoisotopic (exact) mass is 381 g/mol. The van der Waals surface area contributed by atoms with Crippen molar-refractivity contribution in [2.75, 3.05) is 7.05 Å². The number of aryl methyl sites for hydroxylation is 1. The fourth-order valence-corrected chi connectivity index (χ4v) is 3.14. The van der Waals surface area contributed by atoms with Crippen molar-refractivity contribution in [3.8, 4) is 0 Å². The Morgan fingerprint density at radius 2 is 2.04 bits per heavy atom. The van der Waals surface area contributed by atoms with Crippen molar-refractivity contribution in [1.82, 2.24) is 24.4 Å². The van der Waals surface area contributed by atoms with Gasteiger partial charge in [-0.15, -0.1) is 0 Å². The highest BCUT2D eigenvalue weighted by Gasteiger charge is 2.28. The lowest BCUT2D eigenvalue weighted by Gasteiger charge is -2.14. The maximum Gasteiger partial charge on any atom is 0.346 e. The minimum absolute atomic E-state index is 0.106. The molecule has 3 aromatic rings. The van der Waals surface area contributed by atoms with Gasteiger partial charge < -0.3 is 9.42 Å². The molecule has 0 saturated heterocycles. The summed E-state index contributed by atoms with van der Waals surface area (Å²) >= 11 is 0. The zero-order valence-electron chi connectivity index (χ0n) is 16.0. The van der Waals surface area contributed by atoms with E-state index >= 15 is 0 Å². The van der Waals surface area contributed by atoms with Crippen LogP contribution in [0.25, 0.3) is 0 Å². The average Bonchev–Trinajstić information content (AvgIpc) is 3.39. The molecule has 0 bridgehead atoms. The molecule has 8 heteroatoms. The first kappa shape index (κ1) is 18.2. The predicted molar refractivity (Wildman–Crippen MR) is 102 cm³/mol. The summed E-state index contributed by atoms with van der Waals surface area (Å²) in [5.74, 6) is 1.75. The Kier molecular flexibility index (Phi) is 4.85. The molecule has 0 radical (unpaired) electrons. The van der Waals surface area contributed by atoms with Crippen LogP contribution in [0.4, 0.5) is 0 Å². The third-order valence-electron chi connectivity index (χ3n) is 4.96. The molecule has 4 rings (SSSR count). The average molecular weight is 381 g/mol. The van der Waals surface area contributed by atoms with Crippen molar-refractivity contribution in [3.63, 3.8) is 0 Å². The van der Waals surface area contributed by atoms with Gasteiger partial charge in [0.1, 0.15) is 23.8 Å². The van der Waals surface area contributed by atoms with Crippen LogP contribution in [-0.4, -0.2) is 37.4 Å². The van der Waals surface area contributed by atoms with Crippen molar-refractivity contribution in [1.29, 1.82) is 0 Å². The molecule has 1 aliphatic carbocycles. The van der Waals surface area contributed by atoms with E-state index in [0.29, 0.717) is 24.8 Å². The molecule has 28 heavy (non-hydrogen) atoms. The SMILES string of the molecule is Cc1nn(CC(=O)N(C)Cc2cc(C3CC3)on2)c(=O)n1Cc1ccccc1. The lowest BCUT2D eigenvalue weighted by atomic mass is 10.2. The van der Waals surface area contributed by atoms with Gasteiger partial charge in [-0.05, 0) is 25.3 Å². The molecule has 0 atom stereocenters. The fraction of sp³-hybridized carbons (Fsp3) is 0.400. The summed E-state index contributed by atoms with van der Waals surface area (Å²) in [6.07, 6.45) is 2.27. The van der Waals surface area contributed by atoms with Gasteiger partial charge in [0.2, 0.25) is 5.91 Å². The van der Waals surface area contributed by atoms with Crippen LogP contribution in [0.2, 0.25) is 0 Å². The summed E-state index contributed by atoms with van der Waals surface area (Å²) in [7, 11) is 1.69. The highest BCUT2D eigenvalue weighted by molar-refractivity contribution is 5.75. The van der Waals surface area contributed by atoms with E-state index in [-0.39, 0.29) is 18.1 Å². The molecule has 1 fully saturated rings. The molecule has 8 nitrogen and oxygen atoms in total. The van der Waals surface area contributed by atoms with Crippen LogP contribution in [0.15, 0.2) is 45.7 Å². The van der Waals surface area contributed by atoms with Crippen LogP contribution in [-0.2, 0) is 24.4 Å². The first-order valence-corrected chi connectivity index (χ1v) is 9.39. The third-order valence-corrected chi connectivity index (χ3v) is 4.96. The lowest BCUT2D eigenvalue weighted by Crippen LogP contribution is -2.35. The van der Waals surface area contributed by atoms with E-state index in [4.69, 9.17) is 4.52 Å². The molecule has 1 amide bonds. The molecular formula is C20H23N5O3. The number of likely N-dealkylation sites (N-methyl/N-ethyl adjacent to an activating group) is 1. The molecule has 146 valence electrons. The van der Waals surface area contributed by atoms with E-state index in [0.717, 1.165) is 29.9 Å². The van der Waals surface area contributed by atoms with Gasteiger partial charge in [-0.2, -0.15) is 5.10 Å². The quantitative estimate of drug-likeness (QED) is 0.624. The largest absolute Gasteiger partial charge is 0.361 e. The number of benzene rings is 1. The van der Waals surface area contributed by atoms with Gasteiger partial charge in [-0.25, -0.2) is 9.48 Å². The van der Waals surface area contributed by atoms with E-state index < -0.39 is 0 Å². The van der Waals surface area contributed by atoms with Gasteiger partial charge in [0.15, 0.2) is 0 Å². The van der Waals surface area contributed by atoms with Crippen molar-refractivity contribution in [2.45, 2.75) is 45.3 Å². The molecular weight excluding hydrogens is 358 g/mol. The van der Waals surface area contributed by atoms with Crippen LogP contribution in [0, 0.1) is 6.92 Å². The molecule has 0 aliphatic heterocycles. The Balaban J connectivity index is 1.42. The summed E-state index contributed by atoms with van der Waals surface area (Å²) in [6.45, 7) is 2.43. The Morgan fingerprint density at radius 1 is 1.29 bits per heavy atom. The van der Waals surface area contributed by atoms with Crippen LogP contribution in [0.3, 0.4) is 0 Å². The standard InChI is InChI=1S/C20H23N5O3/c1-14-21-25(20(27)24(14)11-15-6-4-3-5-7-15)13-19(26)23(2)12-17-10-18(28-22-17)16-8-9-16/h3-7,10,16H,8-9,11-13H2,1-2H3. The van der Waals surface area contributed by atoms with E-state index in [2.05, 4.69) is 10.3 Å². The number of hydrogen-bond donors (Lipinski definition) is 0. The van der Waals surface area contributed by atoms with Crippen LogP contribution >= 0.6 is 0 Å². The zero-order valence-corrected chi connectivity index (χ0v) is 16.0. The number of carbonyl (C=O) groups is 1. The van der Waals surface area contributed by atoms with Gasteiger partial charge in [-0.3, -0.25) is 9.36 Å². The second-order valence-electron chi connectivity index (χ2n) is 7.30. The van der Waals surface area contributed by atoms with E-state index in [9.17, 15) is 9.59 Å². The van der Waals surface area contributed by atoms with E-state index in [1.54, 1.807) is 18.5 Å². The third kappa shape index (κ3) is 3.90. The van der Waals surface area contributed by atoms with Crippen LogP contribution < -0.4 is 5.69 Å². The summed E-state index contributed by atoms with van der Waals surface area (Å²) in [5, 5.41) is 8.29. The molecule has 0 spiro atoms. The smallest absolute Gasteiger partial charge is 0.346 e. The first-order chi connectivity index (χ1) is 13.5. The molecule has 1 aliphatic rings. The Bertz CT molecular complexity index is 1030. The van der Waals surface area contributed by atoms with Crippen LogP contribution in [0.5, 0.6) is 0 Å². The molecule has 0 N–H and O–H groups in total. The van der Waals surface area contributed by atoms with Gasteiger partial charge in [-0.1, -0.05) is 35.5 Å². The van der Waals surface area contributed by atoms with Crippen molar-refractivity contribution in [2.24, 2.45) is 0 Å². The summed E-state index contributed by atoms with van der Waals surface area (Å²) in [6, 6.07) is 11.6. The summed E-state index contributed by atoms with van der Waals surface area (Å²) < 4.78 is 8.11. The maximum atomic E-state index is 12.7. The number of aromatic nitrogens is 4. The molecule has 1 saturated carbocycles. The number of amides is 1. The molecule has 2 aromatic heterocycles. The minimum Gasteiger partial charge on any atom is -0.361 e. The van der Waals surface area contributed by atoms with Gasteiger partial charge in [0.25, 0.3) is 0 Å². The summed E-state index contributed by atoms with van der Waals surface area (Å²) in [4.78, 5) is 26.8. The minimum atomic E-state index is -0.291. The topological polar surface area (TPSA) is 86.2 Å². The zero-order chi connectivity index (χ0) is 19.7. The van der Waals surface area contributed by atoms with Gasteiger partial charge in [0, 0.05) is 19.0 Å². The Labute approximate surface area is 162 Å². The van der Waals surface area contributed by atoms with Crippen molar-refractivity contribution in [3.05, 3.63) is 69.7 Å². The molecule has 2 heterocycles. The molecule has 0 unspecified atom stereocenters. The predicted octanol–water partition coefficient (Wildman–Crippen LogP) is 1.93. The Hall–Kier alpha value is -3.16. The summed E-state index contributed by atoms with van der Waals surface area (Å²) in [5.41, 5.74) is 1.43. The number of rotatable bonds is 7. The van der Waals surface area contributed by atoms with Crippen molar-refractivity contribution < 1.29 is 9.32 Å². The second-order valence-corrected chi connectivity index (χ2v) is 7.30. The maximum absolute atomic E-state index is 12.7. The van der Waals surface area contributed by atoms with E-state index in [1.807, 2.05) is 36.4 Å². The van der Waals surface area contributed by atoms with Gasteiger partial charge in [0.05, 0.1) is 13.1 Å². The molecule has 1 aromatic carbocycles. The Morgan fingerprint density at radius 3 is 2.75 bits per heavy atom. The number of nitrogens with zero attached hydrogens (tertiary/aromatic N) is 5. The van der Waals surface area contributed by atoms with Crippen LogP contribution in [0.1, 0.15) is 41.6 Å². The normalized spacial score (nSPS) is 13.6.